The van der Waals surface area contributed by atoms with Crippen molar-refractivity contribution in [3.8, 4) is 0 Å². The van der Waals surface area contributed by atoms with Crippen molar-refractivity contribution in [1.82, 2.24) is 0 Å². The molecule has 8 heteroatoms. The Morgan fingerprint density at radius 3 is 2.00 bits per heavy atom. The molecule has 0 radical (unpaired) electrons. The maximum absolute atomic E-state index is 11.8. The number of carboxylic acids is 2. The number of carbonyl (C=O) groups is 3. The van der Waals surface area contributed by atoms with Gasteiger partial charge in [-0.1, -0.05) is 30.3 Å². The molecule has 2 atom stereocenters. The summed E-state index contributed by atoms with van der Waals surface area (Å²) in [6.07, 6.45) is -2.82. The van der Waals surface area contributed by atoms with Gasteiger partial charge >= 0.3 is 57.4 Å². The number of ketones is 1. The maximum Gasteiger partial charge on any atom is 1.00 e. The molecule has 1 aromatic rings. The molecule has 0 saturated carbocycles. The normalized spacial score (nSPS) is 14.6. The summed E-state index contributed by atoms with van der Waals surface area (Å²) in [5, 5.41) is 38.0. The molecule has 0 aliphatic carbocycles. The van der Waals surface area contributed by atoms with Crippen LogP contribution in [0.1, 0.15) is 10.4 Å². The Balaban J connectivity index is 0.00000324. The van der Waals surface area contributed by atoms with Gasteiger partial charge in [-0.25, -0.2) is 4.79 Å². The first-order chi connectivity index (χ1) is 8.31. The Morgan fingerprint density at radius 2 is 1.63 bits per heavy atom. The molecule has 1 rings (SSSR count). The van der Waals surface area contributed by atoms with Crippen LogP contribution in [0, 0.1) is 0 Å². The second-order valence-electron chi connectivity index (χ2n) is 3.49. The standard InChI is InChI=1S/C11H10O7.K/c12-7(6-4-2-1-3-5-6)11(18,10(16)17)8(13)9(14)15;/h1-5,8,13,18H,(H,14,15)(H,16,17);/q;+1/p-1/t8-,11+;/m1./s1. The van der Waals surface area contributed by atoms with Crippen LogP contribution < -0.4 is 56.5 Å². The second-order valence-corrected chi connectivity index (χ2v) is 3.49. The van der Waals surface area contributed by atoms with E-state index >= 15 is 0 Å². The van der Waals surface area contributed by atoms with Crippen molar-refractivity contribution in [1.29, 1.82) is 0 Å². The topological polar surface area (TPSA) is 135 Å². The van der Waals surface area contributed by atoms with Gasteiger partial charge in [-0.05, 0) is 0 Å². The fraction of sp³-hybridized carbons (Fsp3) is 0.182. The molecule has 0 aliphatic heterocycles. The molecule has 96 valence electrons. The van der Waals surface area contributed by atoms with E-state index in [-0.39, 0.29) is 56.9 Å². The van der Waals surface area contributed by atoms with Gasteiger partial charge in [0.1, 0.15) is 0 Å². The zero-order valence-electron chi connectivity index (χ0n) is 9.94. The van der Waals surface area contributed by atoms with E-state index in [1.807, 2.05) is 0 Å². The summed E-state index contributed by atoms with van der Waals surface area (Å²) < 4.78 is 0. The SMILES string of the molecule is O=C(O)[C@@H](O)[C@](O)(C(=O)[O-])C(=O)c1ccccc1.[K+]. The van der Waals surface area contributed by atoms with Gasteiger partial charge in [0.15, 0.2) is 6.10 Å². The maximum atomic E-state index is 11.8. The summed E-state index contributed by atoms with van der Waals surface area (Å²) in [5.74, 6) is -5.89. The van der Waals surface area contributed by atoms with E-state index in [2.05, 4.69) is 0 Å². The molecule has 0 heterocycles. The average Bonchev–Trinajstić information content (AvgIpc) is 2.36. The Labute approximate surface area is 150 Å². The first-order valence-corrected chi connectivity index (χ1v) is 4.76. The monoisotopic (exact) mass is 292 g/mol. The van der Waals surface area contributed by atoms with Gasteiger partial charge in [-0.2, -0.15) is 0 Å². The number of aliphatic hydroxyl groups is 2. The van der Waals surface area contributed by atoms with Gasteiger partial charge in [-0.3, -0.25) is 4.79 Å². The first-order valence-electron chi connectivity index (χ1n) is 4.76. The third-order valence-electron chi connectivity index (χ3n) is 2.32. The van der Waals surface area contributed by atoms with E-state index in [4.69, 9.17) is 10.2 Å². The fourth-order valence-corrected chi connectivity index (χ4v) is 1.32. The molecule has 19 heavy (non-hydrogen) atoms. The molecule has 0 bridgehead atoms. The summed E-state index contributed by atoms with van der Waals surface area (Å²) in [4.78, 5) is 33.1. The molecule has 0 saturated heterocycles. The van der Waals surface area contributed by atoms with Crippen molar-refractivity contribution in [3.05, 3.63) is 35.9 Å². The van der Waals surface area contributed by atoms with Crippen molar-refractivity contribution in [2.45, 2.75) is 11.7 Å². The van der Waals surface area contributed by atoms with Crippen molar-refractivity contribution >= 4 is 17.7 Å². The van der Waals surface area contributed by atoms with Crippen LogP contribution >= 0.6 is 0 Å². The van der Waals surface area contributed by atoms with Gasteiger partial charge in [-0.15, -0.1) is 0 Å². The third kappa shape index (κ3) is 3.69. The van der Waals surface area contributed by atoms with Gasteiger partial charge in [0, 0.05) is 5.56 Å². The third-order valence-corrected chi connectivity index (χ3v) is 2.32. The van der Waals surface area contributed by atoms with Crippen LogP contribution in [-0.2, 0) is 9.59 Å². The van der Waals surface area contributed by atoms with Crippen LogP contribution in [0.25, 0.3) is 0 Å². The zero-order valence-corrected chi connectivity index (χ0v) is 13.1. The second kappa shape index (κ2) is 7.24. The Kier molecular flexibility index (Phi) is 7.01. The Morgan fingerprint density at radius 1 is 1.16 bits per heavy atom. The van der Waals surface area contributed by atoms with E-state index in [1.54, 1.807) is 0 Å². The number of carbonyl (C=O) groups excluding carboxylic acids is 2. The smallest absolute Gasteiger partial charge is 0.546 e. The molecular formula is C11H9KO7. The van der Waals surface area contributed by atoms with Crippen LogP contribution in [0.4, 0.5) is 0 Å². The van der Waals surface area contributed by atoms with Crippen molar-refractivity contribution < 1.29 is 86.2 Å². The molecule has 0 aromatic heterocycles. The van der Waals surface area contributed by atoms with E-state index in [0.717, 1.165) is 0 Å². The molecule has 7 nitrogen and oxygen atoms in total. The molecule has 3 N–H and O–H groups in total. The largest absolute Gasteiger partial charge is 1.00 e. The zero-order chi connectivity index (χ0) is 13.9. The molecule has 0 unspecified atom stereocenters. The minimum absolute atomic E-state index is 0. The first kappa shape index (κ1) is 18.4. The van der Waals surface area contributed by atoms with Crippen LogP contribution in [0.15, 0.2) is 30.3 Å². The van der Waals surface area contributed by atoms with Gasteiger partial charge < -0.3 is 25.2 Å². The Hall–Kier alpha value is -0.614. The predicted molar refractivity (Wildman–Crippen MR) is 54.4 cm³/mol. The summed E-state index contributed by atoms with van der Waals surface area (Å²) in [7, 11) is 0. The molecule has 0 amide bonds. The summed E-state index contributed by atoms with van der Waals surface area (Å²) in [5.41, 5.74) is -3.79. The summed E-state index contributed by atoms with van der Waals surface area (Å²) in [6, 6.07) is 6.64. The van der Waals surface area contributed by atoms with Crippen LogP contribution in [0.2, 0.25) is 0 Å². The fourth-order valence-electron chi connectivity index (χ4n) is 1.32. The van der Waals surface area contributed by atoms with E-state index in [0.29, 0.717) is 0 Å². The van der Waals surface area contributed by atoms with Crippen molar-refractivity contribution in [2.24, 2.45) is 0 Å². The number of rotatable bonds is 5. The van der Waals surface area contributed by atoms with E-state index in [9.17, 15) is 24.6 Å². The van der Waals surface area contributed by atoms with Gasteiger partial charge in [0.25, 0.3) is 0 Å². The van der Waals surface area contributed by atoms with Crippen LogP contribution in [-0.4, -0.2) is 44.7 Å². The molecule has 1 aromatic carbocycles. The number of hydrogen-bond acceptors (Lipinski definition) is 6. The average molecular weight is 292 g/mol. The summed E-state index contributed by atoms with van der Waals surface area (Å²) >= 11 is 0. The summed E-state index contributed by atoms with van der Waals surface area (Å²) in [6.45, 7) is 0. The minimum Gasteiger partial charge on any atom is -0.546 e. The van der Waals surface area contributed by atoms with Crippen LogP contribution in [0.3, 0.4) is 0 Å². The van der Waals surface area contributed by atoms with E-state index in [1.165, 1.54) is 30.3 Å². The number of hydrogen-bond donors (Lipinski definition) is 3. The number of Topliss-reactive ketones (excluding diaryl/α,β-unsaturated/α-hetero) is 1. The molecular weight excluding hydrogens is 283 g/mol. The number of benzene rings is 1. The van der Waals surface area contributed by atoms with Gasteiger partial charge in [0.05, 0.1) is 5.97 Å². The van der Waals surface area contributed by atoms with Gasteiger partial charge in [0.2, 0.25) is 11.4 Å². The molecule has 0 aliphatic rings. The van der Waals surface area contributed by atoms with Crippen LogP contribution in [0.5, 0.6) is 0 Å². The number of aliphatic carboxylic acids is 2. The minimum atomic E-state index is -3.53. The number of carboxylic acid groups (broad SMARTS) is 2. The molecule has 0 fully saturated rings. The Bertz CT molecular complexity index is 487. The quantitative estimate of drug-likeness (QED) is 0.280. The predicted octanol–water partition coefficient (Wildman–Crippen LogP) is -5.20. The van der Waals surface area contributed by atoms with Crippen molar-refractivity contribution in [2.75, 3.05) is 0 Å². The van der Waals surface area contributed by atoms with Crippen molar-refractivity contribution in [3.63, 3.8) is 0 Å². The number of aliphatic hydroxyl groups excluding tert-OH is 1. The van der Waals surface area contributed by atoms with E-state index < -0.39 is 29.4 Å². The molecule has 0 spiro atoms.